The summed E-state index contributed by atoms with van der Waals surface area (Å²) in [6, 6.07) is 0. The SMILES string of the molecule is O=P(O)(O)CP(=O)(O)O.O=P(O)(O)CP(=O)(O)O.O=P(O)(O)CP(=O)(O)O.O=P(O)(O)CP(=O)(O)O.O=P(O)(O)CP(=O)(O)O.[KH].[KH].[KH].[KH].[KH].[KH]. The second-order valence-corrected chi connectivity index (χ2v) is 26.3. The van der Waals surface area contributed by atoms with Crippen LogP contribution >= 0.6 is 76.0 Å². The van der Waals surface area contributed by atoms with Crippen molar-refractivity contribution in [2.24, 2.45) is 0 Å². The summed E-state index contributed by atoms with van der Waals surface area (Å²) >= 11 is 0. The van der Waals surface area contributed by atoms with Gasteiger partial charge in [0.2, 0.25) is 0 Å². The Balaban J connectivity index is -0.0000000423. The van der Waals surface area contributed by atoms with E-state index >= 15 is 0 Å². The molecular formula is C5H36K6O30P10. The number of hydrogen-bond acceptors (Lipinski definition) is 10. The molecule has 20 N–H and O–H groups in total. The fraction of sp³-hybridized carbons (Fsp3) is 1.00. The summed E-state index contributed by atoms with van der Waals surface area (Å²) in [5, 5.41) is 0. The van der Waals surface area contributed by atoms with Crippen molar-refractivity contribution >= 4 is 384 Å². The second kappa shape index (κ2) is 38.3. The van der Waals surface area contributed by atoms with Crippen LogP contribution in [0.2, 0.25) is 0 Å². The fourth-order valence-corrected chi connectivity index (χ4v) is 10.8. The summed E-state index contributed by atoms with van der Waals surface area (Å²) in [4.78, 5) is 159. The van der Waals surface area contributed by atoms with Gasteiger partial charge in [-0.05, 0) is 0 Å². The molecule has 0 radical (unpaired) electrons. The van der Waals surface area contributed by atoms with Gasteiger partial charge in [0.25, 0.3) is 0 Å². The summed E-state index contributed by atoms with van der Waals surface area (Å²) in [5.74, 6) is -6.88. The van der Waals surface area contributed by atoms with Crippen LogP contribution in [0.25, 0.3) is 0 Å². The molecule has 0 aliphatic heterocycles. The molecule has 0 fully saturated rings. The van der Waals surface area contributed by atoms with Gasteiger partial charge in [0, 0.05) is 0 Å². The number of rotatable bonds is 10. The Hall–Kier alpha value is 11.3. The molecule has 0 heterocycles. The van der Waals surface area contributed by atoms with Gasteiger partial charge in [0.1, 0.15) is 0 Å². The standard InChI is InChI=1S/5CH6O6P2.6K.6H/c5*2-8(3,4)1-9(5,6)7;;;;;;;;;;;;/h5*1H2,(H2,2,3,4)(H2,5,6,7);;;;;;;;;;;;. The Labute approximate surface area is 542 Å². The predicted molar refractivity (Wildman–Crippen MR) is 188 cm³/mol. The van der Waals surface area contributed by atoms with Crippen molar-refractivity contribution in [3.63, 3.8) is 0 Å². The molecular weight excluding hydrogens is 1080 g/mol. The molecule has 0 aliphatic carbocycles. The summed E-state index contributed by atoms with van der Waals surface area (Å²) in [6.45, 7) is 0. The Bertz CT molecular complexity index is 1030. The molecule has 0 spiro atoms. The average Bonchev–Trinajstić information content (AvgIpc) is 2.36. The summed E-state index contributed by atoms with van der Waals surface area (Å²) < 4.78 is 98.5. The normalized spacial score (nSPS) is 12.2. The molecule has 0 amide bonds. The van der Waals surface area contributed by atoms with Crippen LogP contribution in [0.1, 0.15) is 0 Å². The average molecular weight is 1120 g/mol. The molecule has 51 heavy (non-hydrogen) atoms. The van der Waals surface area contributed by atoms with E-state index in [1.54, 1.807) is 0 Å². The van der Waals surface area contributed by atoms with E-state index < -0.39 is 105 Å². The fourth-order valence-electron chi connectivity index (χ4n) is 1.20. The van der Waals surface area contributed by atoms with E-state index in [9.17, 15) is 45.7 Å². The van der Waals surface area contributed by atoms with Crippen LogP contribution in [-0.4, -0.2) is 436 Å². The van der Waals surface area contributed by atoms with Gasteiger partial charge in [-0.1, -0.05) is 0 Å². The molecule has 0 aliphatic rings. The molecule has 0 unspecified atom stereocenters. The van der Waals surface area contributed by atoms with Gasteiger partial charge in [-0.15, -0.1) is 0 Å². The first-order valence-corrected chi connectivity index (χ1v) is 27.0. The Morgan fingerprint density at radius 1 is 0.176 bits per heavy atom. The summed E-state index contributed by atoms with van der Waals surface area (Å²) in [5.41, 5.74) is 0. The minimum absolute atomic E-state index is 0. The van der Waals surface area contributed by atoms with E-state index in [-0.39, 0.29) is 308 Å². The maximum atomic E-state index is 9.85. The molecule has 0 rings (SSSR count). The third kappa shape index (κ3) is 126. The quantitative estimate of drug-likeness (QED) is 0.0714. The summed E-state index contributed by atoms with van der Waals surface area (Å²) in [7, 11) is -45.5. The van der Waals surface area contributed by atoms with E-state index in [1.807, 2.05) is 0 Å². The van der Waals surface area contributed by atoms with Gasteiger partial charge in [0.05, 0.1) is 0 Å². The molecule has 30 nitrogen and oxygen atoms in total. The van der Waals surface area contributed by atoms with Crippen LogP contribution in [0, 0.1) is 0 Å². The van der Waals surface area contributed by atoms with Gasteiger partial charge in [-0.25, -0.2) is 0 Å². The van der Waals surface area contributed by atoms with E-state index in [0.717, 1.165) is 0 Å². The Kier molecular flexibility index (Phi) is 66.8. The first-order chi connectivity index (χ1) is 18.5. The zero-order chi connectivity index (χ0) is 38.5. The Morgan fingerprint density at radius 2 is 0.216 bits per heavy atom. The zero-order valence-corrected chi connectivity index (χ0v) is 30.0. The maximum absolute atomic E-state index is 9.85. The van der Waals surface area contributed by atoms with E-state index in [0.29, 0.717) is 0 Å². The van der Waals surface area contributed by atoms with Crippen LogP contribution in [0.4, 0.5) is 0 Å². The third-order valence-electron chi connectivity index (χ3n) is 1.84. The van der Waals surface area contributed by atoms with E-state index in [2.05, 4.69) is 0 Å². The molecule has 0 aromatic rings. The van der Waals surface area contributed by atoms with Crippen molar-refractivity contribution in [1.29, 1.82) is 0 Å². The zero-order valence-electron chi connectivity index (χ0n) is 21.0. The molecule has 46 heteroatoms. The van der Waals surface area contributed by atoms with Crippen LogP contribution in [0.3, 0.4) is 0 Å². The van der Waals surface area contributed by atoms with Crippen molar-refractivity contribution in [3.05, 3.63) is 0 Å². The summed E-state index contributed by atoms with van der Waals surface area (Å²) in [6.07, 6.45) is 0. The third-order valence-corrected chi connectivity index (χ3v) is 16.6. The van der Waals surface area contributed by atoms with Crippen LogP contribution < -0.4 is 0 Å². The van der Waals surface area contributed by atoms with Crippen molar-refractivity contribution < 1.29 is 144 Å². The molecule has 292 valence electrons. The Morgan fingerprint density at radius 3 is 0.216 bits per heavy atom. The second-order valence-electron chi connectivity index (χ2n) is 7.35. The molecule has 0 saturated carbocycles. The van der Waals surface area contributed by atoms with Crippen molar-refractivity contribution in [1.82, 2.24) is 0 Å². The molecule has 0 aromatic carbocycles. The van der Waals surface area contributed by atoms with Gasteiger partial charge >= 0.3 is 384 Å². The first kappa shape index (κ1) is 89.0. The molecule has 0 saturated heterocycles. The first-order valence-electron chi connectivity index (χ1n) is 8.99. The monoisotopic (exact) mass is 1120 g/mol. The van der Waals surface area contributed by atoms with Crippen molar-refractivity contribution in [3.8, 4) is 0 Å². The molecule has 0 bridgehead atoms. The predicted octanol–water partition coefficient (Wildman–Crippen LogP) is -7.39. The van der Waals surface area contributed by atoms with E-state index in [1.165, 1.54) is 0 Å². The minimum atomic E-state index is -4.55. The van der Waals surface area contributed by atoms with Crippen LogP contribution in [-0.2, 0) is 45.7 Å². The van der Waals surface area contributed by atoms with E-state index in [4.69, 9.17) is 97.9 Å². The van der Waals surface area contributed by atoms with Gasteiger partial charge < -0.3 is 97.9 Å². The van der Waals surface area contributed by atoms with Gasteiger partial charge in [-0.2, -0.15) is 0 Å². The van der Waals surface area contributed by atoms with Crippen molar-refractivity contribution in [2.45, 2.75) is 0 Å². The molecule has 0 atom stereocenters. The molecule has 0 aromatic heterocycles. The van der Waals surface area contributed by atoms with Crippen LogP contribution in [0.15, 0.2) is 0 Å². The topological polar surface area (TPSA) is 575 Å². The van der Waals surface area contributed by atoms with Gasteiger partial charge in [-0.3, -0.25) is 45.7 Å². The van der Waals surface area contributed by atoms with Crippen molar-refractivity contribution in [2.75, 3.05) is 29.5 Å². The number of hydrogen-bond donors (Lipinski definition) is 20. The van der Waals surface area contributed by atoms with Gasteiger partial charge in [0.15, 0.2) is 29.5 Å². The van der Waals surface area contributed by atoms with Crippen LogP contribution in [0.5, 0.6) is 0 Å².